The molecule has 0 saturated carbocycles. The molecule has 9 heteroatoms. The van der Waals surface area contributed by atoms with Gasteiger partial charge in [-0.15, -0.1) is 0 Å². The van der Waals surface area contributed by atoms with Gasteiger partial charge in [-0.1, -0.05) is 341 Å². The molecule has 0 aromatic rings. The summed E-state index contributed by atoms with van der Waals surface area (Å²) in [6.07, 6.45) is 70.6. The number of hydrogen-bond acceptors (Lipinski definition) is 5. The Morgan fingerprint density at radius 1 is 0.405 bits per heavy atom. The van der Waals surface area contributed by atoms with Crippen LogP contribution in [0.5, 0.6) is 0 Å². The number of phosphoric acid groups is 1. The maximum atomic E-state index is 13.0. The third-order valence-electron chi connectivity index (χ3n) is 15.9. The highest BCUT2D eigenvalue weighted by Gasteiger charge is 2.28. The predicted octanol–water partition coefficient (Wildman–Crippen LogP) is 20.8. The van der Waals surface area contributed by atoms with E-state index in [2.05, 4.69) is 19.2 Å². The number of unbranched alkanes of at least 4 members (excludes halogenated alkanes) is 50. The molecule has 0 rings (SSSR count). The fourth-order valence-corrected chi connectivity index (χ4v) is 11.4. The fourth-order valence-electron chi connectivity index (χ4n) is 10.6. The monoisotopic (exact) mass is 1070 g/mol. The summed E-state index contributed by atoms with van der Waals surface area (Å²) < 4.78 is 23.9. The van der Waals surface area contributed by atoms with Crippen molar-refractivity contribution < 1.29 is 32.9 Å². The highest BCUT2D eigenvalue weighted by atomic mass is 31.2. The van der Waals surface area contributed by atoms with Crippen molar-refractivity contribution in [2.24, 2.45) is 0 Å². The average molecular weight is 1070 g/mol. The molecule has 8 nitrogen and oxygen atoms in total. The highest BCUT2D eigenvalue weighted by Crippen LogP contribution is 2.43. The lowest BCUT2D eigenvalue weighted by Gasteiger charge is -2.26. The Balaban J connectivity index is 3.95. The number of phosphoric ester groups is 1. The van der Waals surface area contributed by atoms with Crippen molar-refractivity contribution in [2.75, 3.05) is 40.9 Å². The Kier molecular flexibility index (Phi) is 56.8. The van der Waals surface area contributed by atoms with Crippen molar-refractivity contribution in [1.82, 2.24) is 5.32 Å². The third kappa shape index (κ3) is 59.2. The van der Waals surface area contributed by atoms with Gasteiger partial charge < -0.3 is 19.8 Å². The van der Waals surface area contributed by atoms with Gasteiger partial charge >= 0.3 is 7.82 Å². The summed E-state index contributed by atoms with van der Waals surface area (Å²) in [6.45, 7) is 4.96. The molecule has 0 bridgehead atoms. The summed E-state index contributed by atoms with van der Waals surface area (Å²) in [7, 11) is 1.64. The molecule has 74 heavy (non-hydrogen) atoms. The van der Waals surface area contributed by atoms with Crippen LogP contribution in [-0.2, 0) is 18.4 Å². The second-order valence-electron chi connectivity index (χ2n) is 24.6. The number of amides is 1. The van der Waals surface area contributed by atoms with Crippen LogP contribution in [0, 0.1) is 0 Å². The van der Waals surface area contributed by atoms with E-state index in [9.17, 15) is 19.4 Å². The molecule has 0 aliphatic carbocycles. The number of nitrogens with zero attached hydrogens (tertiary/aromatic N) is 1. The molecule has 0 saturated heterocycles. The Hall–Kier alpha value is -0.500. The van der Waals surface area contributed by atoms with E-state index in [0.29, 0.717) is 23.9 Å². The maximum absolute atomic E-state index is 13.0. The van der Waals surface area contributed by atoms with Gasteiger partial charge in [0.2, 0.25) is 5.91 Å². The molecule has 444 valence electrons. The lowest BCUT2D eigenvalue weighted by molar-refractivity contribution is -0.870. The molecule has 0 aliphatic heterocycles. The van der Waals surface area contributed by atoms with E-state index in [4.69, 9.17) is 9.05 Å². The maximum Gasteiger partial charge on any atom is 0.472 e. The number of aliphatic hydroxyl groups is 1. The van der Waals surface area contributed by atoms with E-state index < -0.39 is 20.0 Å². The van der Waals surface area contributed by atoms with Gasteiger partial charge in [-0.25, -0.2) is 4.57 Å². The SMILES string of the molecule is CCCCCCCCCCCCCCCCCCCCCCCCCCCCCCCCCCCC(=O)NC(COP(=O)(O)OCC[N+](C)(C)C)C(O)CCCCCCCCCCCCCCCCCCCCC. The summed E-state index contributed by atoms with van der Waals surface area (Å²) in [5, 5.41) is 14.1. The van der Waals surface area contributed by atoms with Gasteiger partial charge in [0.25, 0.3) is 0 Å². The molecule has 0 radical (unpaired) electrons. The van der Waals surface area contributed by atoms with Crippen molar-refractivity contribution in [1.29, 1.82) is 0 Å². The first-order valence-corrected chi connectivity index (χ1v) is 34.9. The van der Waals surface area contributed by atoms with E-state index >= 15 is 0 Å². The van der Waals surface area contributed by atoms with Crippen LogP contribution in [0.2, 0.25) is 0 Å². The number of likely N-dealkylation sites (N-methyl/N-ethyl adjacent to an activating group) is 1. The number of carbonyl (C=O) groups excluding carboxylic acids is 1. The number of hydrogen-bond donors (Lipinski definition) is 3. The number of carbonyl (C=O) groups is 1. The predicted molar refractivity (Wildman–Crippen MR) is 323 cm³/mol. The standard InChI is InChI=1S/C65H133N2O6P/c1-6-8-10-12-14-16-18-20-22-24-26-27-28-29-30-31-32-33-34-35-36-37-38-39-41-43-45-47-49-51-53-55-57-59-65(69)66-63(62-73-74(70,71)72-61-60-67(3,4)5)64(68)58-56-54-52-50-48-46-44-42-40-25-23-21-19-17-15-13-11-9-7-2/h63-64,68H,6-62H2,1-5H3,(H-,66,69,70,71)/p+1. The van der Waals surface area contributed by atoms with Crippen molar-refractivity contribution in [2.45, 2.75) is 373 Å². The first kappa shape index (κ1) is 73.5. The summed E-state index contributed by atoms with van der Waals surface area (Å²) in [5.41, 5.74) is 0. The first-order valence-electron chi connectivity index (χ1n) is 33.4. The minimum absolute atomic E-state index is 0.0793. The molecular formula is C65H134N2O6P+. The van der Waals surface area contributed by atoms with Crippen LogP contribution in [0.3, 0.4) is 0 Å². The van der Waals surface area contributed by atoms with E-state index in [-0.39, 0.29) is 19.1 Å². The van der Waals surface area contributed by atoms with E-state index in [0.717, 1.165) is 38.5 Å². The summed E-state index contributed by atoms with van der Waals surface area (Å²) in [4.78, 5) is 23.4. The van der Waals surface area contributed by atoms with Gasteiger partial charge in [-0.2, -0.15) is 0 Å². The second-order valence-corrected chi connectivity index (χ2v) is 26.0. The quantitative estimate of drug-likeness (QED) is 0.0318. The number of nitrogens with one attached hydrogen (secondary N) is 1. The molecule has 3 atom stereocenters. The molecule has 0 fully saturated rings. The van der Waals surface area contributed by atoms with Crippen LogP contribution in [0.15, 0.2) is 0 Å². The molecular weight excluding hydrogens is 936 g/mol. The Bertz CT molecular complexity index is 1170. The molecule has 3 unspecified atom stereocenters. The molecule has 0 spiro atoms. The minimum atomic E-state index is -4.32. The zero-order valence-electron chi connectivity index (χ0n) is 50.9. The smallest absolute Gasteiger partial charge is 0.391 e. The third-order valence-corrected chi connectivity index (χ3v) is 16.8. The summed E-state index contributed by atoms with van der Waals surface area (Å²) in [5.74, 6) is -0.134. The minimum Gasteiger partial charge on any atom is -0.391 e. The zero-order valence-corrected chi connectivity index (χ0v) is 51.8. The van der Waals surface area contributed by atoms with Crippen molar-refractivity contribution in [3.05, 3.63) is 0 Å². The van der Waals surface area contributed by atoms with Crippen LogP contribution in [0.4, 0.5) is 0 Å². The van der Waals surface area contributed by atoms with Crippen molar-refractivity contribution >= 4 is 13.7 Å². The van der Waals surface area contributed by atoms with Crippen molar-refractivity contribution in [3.8, 4) is 0 Å². The molecule has 0 aliphatic rings. The fraction of sp³-hybridized carbons (Fsp3) is 0.985. The van der Waals surface area contributed by atoms with E-state index in [1.807, 2.05) is 21.1 Å². The Morgan fingerprint density at radius 3 is 0.905 bits per heavy atom. The highest BCUT2D eigenvalue weighted by molar-refractivity contribution is 7.47. The van der Waals surface area contributed by atoms with Gasteiger partial charge in [0.1, 0.15) is 13.2 Å². The van der Waals surface area contributed by atoms with Crippen molar-refractivity contribution in [3.63, 3.8) is 0 Å². The van der Waals surface area contributed by atoms with Crippen LogP contribution < -0.4 is 5.32 Å². The zero-order chi connectivity index (χ0) is 54.2. The molecule has 3 N–H and O–H groups in total. The van der Waals surface area contributed by atoms with Gasteiger partial charge in [0.05, 0.1) is 39.9 Å². The Labute approximate surface area is 463 Å². The first-order chi connectivity index (χ1) is 36.0. The second kappa shape index (κ2) is 57.2. The topological polar surface area (TPSA) is 105 Å². The summed E-state index contributed by atoms with van der Waals surface area (Å²) in [6, 6.07) is -0.756. The number of rotatable bonds is 63. The van der Waals surface area contributed by atoms with Gasteiger partial charge in [0, 0.05) is 6.42 Å². The average Bonchev–Trinajstić information content (AvgIpc) is 3.36. The molecule has 0 aromatic carbocycles. The van der Waals surface area contributed by atoms with Gasteiger partial charge in [0.15, 0.2) is 0 Å². The molecule has 0 aromatic heterocycles. The largest absolute Gasteiger partial charge is 0.472 e. The van der Waals surface area contributed by atoms with Crippen LogP contribution >= 0.6 is 7.82 Å². The normalized spacial score (nSPS) is 13.7. The van der Waals surface area contributed by atoms with Crippen LogP contribution in [0.1, 0.15) is 361 Å². The lowest BCUT2D eigenvalue weighted by Crippen LogP contribution is -2.46. The van der Waals surface area contributed by atoms with Gasteiger partial charge in [-0.05, 0) is 12.8 Å². The lowest BCUT2D eigenvalue weighted by atomic mass is 10.0. The molecule has 1 amide bonds. The van der Waals surface area contributed by atoms with Crippen LogP contribution in [-0.4, -0.2) is 73.4 Å². The number of quaternary nitrogens is 1. The van der Waals surface area contributed by atoms with E-state index in [1.165, 1.54) is 295 Å². The number of aliphatic hydroxyl groups excluding tert-OH is 1. The van der Waals surface area contributed by atoms with Crippen LogP contribution in [0.25, 0.3) is 0 Å². The summed E-state index contributed by atoms with van der Waals surface area (Å²) >= 11 is 0. The van der Waals surface area contributed by atoms with Gasteiger partial charge in [-0.3, -0.25) is 13.8 Å². The van der Waals surface area contributed by atoms with E-state index in [1.54, 1.807) is 0 Å². The molecule has 0 heterocycles. The Morgan fingerprint density at radius 2 is 0.649 bits per heavy atom.